The standard InChI is InChI=1S/C19H22N4O6S/c1-8-5-13(23(2)22-8)21-18(28)9-3-4-12-10(6-9)20-19(30-12)17-16(27)15(26)14(25)11(7-24)29-17/h3-6,11,14-17,24-27H,7H2,1-2H3,(H,21,28)/t11-,14+,15+,16-,17-/m1/s1. The number of carbonyl (C=O) groups excluding carboxylic acids is 1. The molecular weight excluding hydrogens is 412 g/mol. The highest BCUT2D eigenvalue weighted by Gasteiger charge is 2.45. The van der Waals surface area contributed by atoms with Crippen LogP contribution in [-0.4, -0.2) is 72.1 Å². The molecule has 3 aromatic rings. The van der Waals surface area contributed by atoms with E-state index < -0.39 is 37.1 Å². The summed E-state index contributed by atoms with van der Waals surface area (Å²) in [6.07, 6.45) is -6.32. The van der Waals surface area contributed by atoms with Crippen LogP contribution in [0.1, 0.15) is 27.2 Å². The predicted molar refractivity (Wildman–Crippen MR) is 108 cm³/mol. The van der Waals surface area contributed by atoms with Gasteiger partial charge in [0.2, 0.25) is 0 Å². The van der Waals surface area contributed by atoms with Crippen molar-refractivity contribution < 1.29 is 30.0 Å². The van der Waals surface area contributed by atoms with Crippen LogP contribution in [0, 0.1) is 6.92 Å². The van der Waals surface area contributed by atoms with Crippen molar-refractivity contribution in [2.24, 2.45) is 7.05 Å². The van der Waals surface area contributed by atoms with Crippen molar-refractivity contribution in [3.05, 3.63) is 40.5 Å². The Kier molecular flexibility index (Phi) is 5.57. The van der Waals surface area contributed by atoms with E-state index in [0.29, 0.717) is 21.9 Å². The maximum atomic E-state index is 12.6. The van der Waals surface area contributed by atoms with Crippen LogP contribution in [0.2, 0.25) is 0 Å². The minimum absolute atomic E-state index is 0.317. The number of aliphatic hydroxyl groups excluding tert-OH is 4. The van der Waals surface area contributed by atoms with Crippen LogP contribution in [0.3, 0.4) is 0 Å². The number of ether oxygens (including phenoxy) is 1. The van der Waals surface area contributed by atoms with Crippen LogP contribution >= 0.6 is 11.3 Å². The number of nitrogens with zero attached hydrogens (tertiary/aromatic N) is 3. The van der Waals surface area contributed by atoms with Gasteiger partial charge in [-0.15, -0.1) is 11.3 Å². The second kappa shape index (κ2) is 8.02. The zero-order valence-electron chi connectivity index (χ0n) is 16.3. The number of amides is 1. The van der Waals surface area contributed by atoms with Crippen molar-refractivity contribution in [2.45, 2.75) is 37.4 Å². The predicted octanol–water partition coefficient (Wildman–Crippen LogP) is 0.105. The lowest BCUT2D eigenvalue weighted by Gasteiger charge is -2.39. The zero-order chi connectivity index (χ0) is 21.6. The van der Waals surface area contributed by atoms with E-state index >= 15 is 0 Å². The first-order valence-electron chi connectivity index (χ1n) is 9.31. The number of aromatic nitrogens is 3. The summed E-state index contributed by atoms with van der Waals surface area (Å²) < 4.78 is 7.90. The van der Waals surface area contributed by atoms with E-state index in [1.807, 2.05) is 6.92 Å². The molecule has 1 amide bonds. The molecular formula is C19H22N4O6S. The minimum Gasteiger partial charge on any atom is -0.394 e. The summed E-state index contributed by atoms with van der Waals surface area (Å²) in [4.78, 5) is 17.1. The lowest BCUT2D eigenvalue weighted by atomic mass is 9.95. The van der Waals surface area contributed by atoms with Gasteiger partial charge in [0.15, 0.2) is 0 Å². The van der Waals surface area contributed by atoms with Gasteiger partial charge in [-0.1, -0.05) is 0 Å². The van der Waals surface area contributed by atoms with Crippen molar-refractivity contribution >= 4 is 33.3 Å². The lowest BCUT2D eigenvalue weighted by molar-refractivity contribution is -0.231. The lowest BCUT2D eigenvalue weighted by Crippen LogP contribution is -2.55. The SMILES string of the molecule is Cc1cc(NC(=O)c2ccc3sc([C@@H]4O[C@H](CO)[C@H](O)[C@H](O)[C@H]4O)nc3c2)n(C)n1. The van der Waals surface area contributed by atoms with Crippen molar-refractivity contribution in [3.8, 4) is 0 Å². The van der Waals surface area contributed by atoms with Crippen molar-refractivity contribution in [1.29, 1.82) is 0 Å². The number of aryl methyl sites for hydroxylation is 2. The Morgan fingerprint density at radius 3 is 2.67 bits per heavy atom. The Hall–Kier alpha value is -2.41. The first-order valence-corrected chi connectivity index (χ1v) is 10.1. The molecule has 11 heteroatoms. The third kappa shape index (κ3) is 3.71. The average Bonchev–Trinajstić information content (AvgIpc) is 3.28. The molecule has 0 bridgehead atoms. The number of benzene rings is 1. The number of carbonyl (C=O) groups is 1. The zero-order valence-corrected chi connectivity index (χ0v) is 17.1. The molecule has 2 aromatic heterocycles. The normalized spacial score (nSPS) is 26.8. The highest BCUT2D eigenvalue weighted by atomic mass is 32.1. The Morgan fingerprint density at radius 1 is 1.23 bits per heavy atom. The maximum Gasteiger partial charge on any atom is 0.256 e. The Bertz CT molecular complexity index is 1080. The smallest absolute Gasteiger partial charge is 0.256 e. The van der Waals surface area contributed by atoms with Crippen LogP contribution in [0.5, 0.6) is 0 Å². The number of nitrogens with one attached hydrogen (secondary N) is 1. The molecule has 1 fully saturated rings. The minimum atomic E-state index is -1.48. The van der Waals surface area contributed by atoms with E-state index in [9.17, 15) is 25.2 Å². The summed E-state index contributed by atoms with van der Waals surface area (Å²) in [5.74, 6) is 0.250. The number of hydrogen-bond acceptors (Lipinski definition) is 9. The summed E-state index contributed by atoms with van der Waals surface area (Å²) in [7, 11) is 1.74. The average molecular weight is 434 g/mol. The molecule has 3 heterocycles. The van der Waals surface area contributed by atoms with Gasteiger partial charge < -0.3 is 30.5 Å². The van der Waals surface area contributed by atoms with E-state index in [-0.39, 0.29) is 5.91 Å². The largest absolute Gasteiger partial charge is 0.394 e. The molecule has 1 aliphatic rings. The number of aliphatic hydroxyl groups is 4. The van der Waals surface area contributed by atoms with E-state index in [1.54, 1.807) is 36.0 Å². The molecule has 4 rings (SSSR count). The highest BCUT2D eigenvalue weighted by Crippen LogP contribution is 2.36. The first kappa shape index (κ1) is 20.8. The monoisotopic (exact) mass is 434 g/mol. The fraction of sp³-hybridized carbons (Fsp3) is 0.421. The molecule has 0 aliphatic carbocycles. The summed E-state index contributed by atoms with van der Waals surface area (Å²) in [6, 6.07) is 6.79. The van der Waals surface area contributed by atoms with Gasteiger partial charge in [-0.05, 0) is 25.1 Å². The van der Waals surface area contributed by atoms with Crippen LogP contribution in [0.15, 0.2) is 24.3 Å². The van der Waals surface area contributed by atoms with Gasteiger partial charge in [-0.25, -0.2) is 4.98 Å². The van der Waals surface area contributed by atoms with Gasteiger partial charge in [-0.2, -0.15) is 5.10 Å². The molecule has 5 N–H and O–H groups in total. The van der Waals surface area contributed by atoms with Crippen molar-refractivity contribution in [2.75, 3.05) is 11.9 Å². The molecule has 30 heavy (non-hydrogen) atoms. The Balaban J connectivity index is 1.59. The number of anilines is 1. The molecule has 5 atom stereocenters. The van der Waals surface area contributed by atoms with Gasteiger partial charge >= 0.3 is 0 Å². The number of fused-ring (bicyclic) bond motifs is 1. The number of hydrogen-bond donors (Lipinski definition) is 5. The molecule has 1 aromatic carbocycles. The van der Waals surface area contributed by atoms with E-state index in [1.165, 1.54) is 11.3 Å². The van der Waals surface area contributed by atoms with Crippen LogP contribution < -0.4 is 5.32 Å². The third-order valence-electron chi connectivity index (χ3n) is 5.05. The van der Waals surface area contributed by atoms with Crippen LogP contribution in [0.25, 0.3) is 10.2 Å². The van der Waals surface area contributed by atoms with E-state index in [4.69, 9.17) is 4.74 Å². The summed E-state index contributed by atoms with van der Waals surface area (Å²) in [5.41, 5.74) is 1.71. The number of rotatable bonds is 4. The second-order valence-corrected chi connectivity index (χ2v) is 8.30. The quantitative estimate of drug-likeness (QED) is 0.388. The first-order chi connectivity index (χ1) is 14.3. The van der Waals surface area contributed by atoms with Gasteiger partial charge in [0.05, 0.1) is 22.5 Å². The van der Waals surface area contributed by atoms with E-state index in [2.05, 4.69) is 15.4 Å². The van der Waals surface area contributed by atoms with Gasteiger partial charge in [0, 0.05) is 18.7 Å². The topological polar surface area (TPSA) is 150 Å². The van der Waals surface area contributed by atoms with Crippen molar-refractivity contribution in [3.63, 3.8) is 0 Å². The molecule has 0 radical (unpaired) electrons. The third-order valence-corrected chi connectivity index (χ3v) is 6.14. The Labute approximate surface area is 175 Å². The van der Waals surface area contributed by atoms with Crippen molar-refractivity contribution in [1.82, 2.24) is 14.8 Å². The fourth-order valence-electron chi connectivity index (χ4n) is 3.43. The van der Waals surface area contributed by atoms with Gasteiger partial charge in [0.1, 0.15) is 41.3 Å². The molecule has 10 nitrogen and oxygen atoms in total. The van der Waals surface area contributed by atoms with Crippen LogP contribution in [0.4, 0.5) is 5.82 Å². The maximum absolute atomic E-state index is 12.6. The number of thiazole rings is 1. The molecule has 0 spiro atoms. The highest BCUT2D eigenvalue weighted by molar-refractivity contribution is 7.18. The van der Waals surface area contributed by atoms with Gasteiger partial charge in [-0.3, -0.25) is 9.48 Å². The second-order valence-electron chi connectivity index (χ2n) is 7.23. The molecule has 0 unspecified atom stereocenters. The molecule has 160 valence electrons. The Morgan fingerprint density at radius 2 is 2.00 bits per heavy atom. The summed E-state index contributed by atoms with van der Waals surface area (Å²) >= 11 is 1.24. The fourth-order valence-corrected chi connectivity index (χ4v) is 4.46. The van der Waals surface area contributed by atoms with E-state index in [0.717, 1.165) is 10.4 Å². The van der Waals surface area contributed by atoms with Crippen LogP contribution in [-0.2, 0) is 11.8 Å². The molecule has 1 saturated heterocycles. The summed E-state index contributed by atoms with van der Waals surface area (Å²) in [5, 5.41) is 47.0. The molecule has 0 saturated carbocycles. The molecule has 1 aliphatic heterocycles. The van der Waals surface area contributed by atoms with Gasteiger partial charge in [0.25, 0.3) is 5.91 Å². The summed E-state index contributed by atoms with van der Waals surface area (Å²) in [6.45, 7) is 1.32.